The summed E-state index contributed by atoms with van der Waals surface area (Å²) in [6.07, 6.45) is 0. The van der Waals surface area contributed by atoms with Gasteiger partial charge in [0.1, 0.15) is 5.82 Å². The molecule has 2 nitrogen and oxygen atoms in total. The molecule has 0 N–H and O–H groups in total. The molecular weight excluding hydrogens is 287 g/mol. The molecule has 4 heteroatoms. The number of halogens is 1. The molecule has 0 aliphatic carbocycles. The Bertz CT molecular complexity index is 668. The van der Waals surface area contributed by atoms with Crippen LogP contribution < -0.4 is 0 Å². The minimum Gasteiger partial charge on any atom is -0.465 e. The highest BCUT2D eigenvalue weighted by Crippen LogP contribution is 2.27. The first kappa shape index (κ1) is 15.6. The van der Waals surface area contributed by atoms with Gasteiger partial charge in [-0.25, -0.2) is 9.18 Å². The Morgan fingerprint density at radius 3 is 2.57 bits per heavy atom. The van der Waals surface area contributed by atoms with Gasteiger partial charge in [-0.2, -0.15) is 0 Å². The van der Waals surface area contributed by atoms with Crippen molar-refractivity contribution in [2.75, 3.05) is 7.11 Å². The number of methoxy groups -OCH3 is 1. The zero-order valence-electron chi connectivity index (χ0n) is 12.3. The van der Waals surface area contributed by atoms with Crippen molar-refractivity contribution in [3.8, 4) is 0 Å². The average Bonchev–Trinajstić information content (AvgIpc) is 2.45. The highest BCUT2D eigenvalue weighted by Gasteiger charge is 2.12. The van der Waals surface area contributed by atoms with E-state index in [1.54, 1.807) is 17.8 Å². The molecule has 0 saturated heterocycles. The molecule has 0 amide bonds. The molecule has 21 heavy (non-hydrogen) atoms. The van der Waals surface area contributed by atoms with Crippen LogP contribution in [0.15, 0.2) is 41.3 Å². The Kier molecular flexibility index (Phi) is 5.02. The van der Waals surface area contributed by atoms with Crippen molar-refractivity contribution in [1.82, 2.24) is 0 Å². The van der Waals surface area contributed by atoms with Crippen LogP contribution in [-0.4, -0.2) is 13.1 Å². The smallest absolute Gasteiger partial charge is 0.340 e. The van der Waals surface area contributed by atoms with Crippen LogP contribution in [0.5, 0.6) is 0 Å². The minimum absolute atomic E-state index is 0.0298. The minimum atomic E-state index is -0.652. The van der Waals surface area contributed by atoms with E-state index in [1.807, 2.05) is 0 Å². The summed E-state index contributed by atoms with van der Waals surface area (Å²) in [7, 11) is 1.24. The van der Waals surface area contributed by atoms with E-state index in [0.29, 0.717) is 5.75 Å². The first-order chi connectivity index (χ1) is 10.0. The van der Waals surface area contributed by atoms with Crippen LogP contribution in [0.25, 0.3) is 0 Å². The van der Waals surface area contributed by atoms with Crippen molar-refractivity contribution < 1.29 is 13.9 Å². The van der Waals surface area contributed by atoms with E-state index in [9.17, 15) is 9.18 Å². The topological polar surface area (TPSA) is 26.3 Å². The van der Waals surface area contributed by atoms with Gasteiger partial charge in [-0.15, -0.1) is 11.8 Å². The quantitative estimate of drug-likeness (QED) is 0.613. The van der Waals surface area contributed by atoms with Gasteiger partial charge in [-0.1, -0.05) is 23.8 Å². The summed E-state index contributed by atoms with van der Waals surface area (Å²) in [4.78, 5) is 12.5. The molecule has 0 saturated carbocycles. The Morgan fingerprint density at radius 1 is 1.19 bits per heavy atom. The molecule has 0 radical (unpaired) electrons. The lowest BCUT2D eigenvalue weighted by Gasteiger charge is -2.08. The number of esters is 1. The maximum Gasteiger partial charge on any atom is 0.340 e. The number of hydrogen-bond donors (Lipinski definition) is 0. The Hall–Kier alpha value is -1.81. The summed E-state index contributed by atoms with van der Waals surface area (Å²) in [5.74, 6) is -0.538. The molecule has 0 heterocycles. The largest absolute Gasteiger partial charge is 0.465 e. The van der Waals surface area contributed by atoms with Crippen molar-refractivity contribution in [2.45, 2.75) is 24.5 Å². The molecule has 0 fully saturated rings. The third kappa shape index (κ3) is 3.85. The number of thioether (sulfide) groups is 1. The first-order valence-electron chi connectivity index (χ1n) is 6.58. The number of ether oxygens (including phenoxy) is 1. The highest BCUT2D eigenvalue weighted by atomic mass is 32.2. The fourth-order valence-electron chi connectivity index (χ4n) is 2.05. The number of rotatable bonds is 4. The van der Waals surface area contributed by atoms with Crippen LogP contribution in [0.4, 0.5) is 4.39 Å². The third-order valence-corrected chi connectivity index (χ3v) is 4.41. The van der Waals surface area contributed by atoms with Crippen molar-refractivity contribution >= 4 is 17.7 Å². The second-order valence-electron chi connectivity index (χ2n) is 4.86. The lowest BCUT2D eigenvalue weighted by molar-refractivity contribution is 0.0595. The van der Waals surface area contributed by atoms with E-state index in [0.717, 1.165) is 5.56 Å². The molecule has 0 unspecified atom stereocenters. The molecule has 0 aliphatic heterocycles. The monoisotopic (exact) mass is 304 g/mol. The third-order valence-electron chi connectivity index (χ3n) is 3.16. The lowest BCUT2D eigenvalue weighted by Crippen LogP contribution is -2.04. The molecule has 0 aliphatic rings. The second-order valence-corrected chi connectivity index (χ2v) is 5.88. The number of carbonyl (C=O) groups is 1. The average molecular weight is 304 g/mol. The van der Waals surface area contributed by atoms with Gasteiger partial charge in [0.2, 0.25) is 0 Å². The molecule has 0 bridgehead atoms. The molecule has 2 aromatic rings. The predicted octanol–water partition coefficient (Wildman–Crippen LogP) is 4.52. The molecule has 2 rings (SSSR count). The second kappa shape index (κ2) is 6.76. The molecule has 110 valence electrons. The van der Waals surface area contributed by atoms with Crippen molar-refractivity contribution in [1.29, 1.82) is 0 Å². The van der Waals surface area contributed by atoms with Crippen molar-refractivity contribution in [3.63, 3.8) is 0 Å². The van der Waals surface area contributed by atoms with E-state index in [-0.39, 0.29) is 5.56 Å². The normalized spacial score (nSPS) is 10.5. The summed E-state index contributed by atoms with van der Waals surface area (Å²) >= 11 is 1.65. The number of hydrogen-bond acceptors (Lipinski definition) is 3. The summed E-state index contributed by atoms with van der Waals surface area (Å²) in [6.45, 7) is 4.12. The van der Waals surface area contributed by atoms with E-state index < -0.39 is 11.8 Å². The first-order valence-corrected chi connectivity index (χ1v) is 7.56. The van der Waals surface area contributed by atoms with E-state index >= 15 is 0 Å². The zero-order chi connectivity index (χ0) is 15.4. The van der Waals surface area contributed by atoms with Crippen LogP contribution in [0.3, 0.4) is 0 Å². The van der Waals surface area contributed by atoms with Gasteiger partial charge in [-0.3, -0.25) is 0 Å². The van der Waals surface area contributed by atoms with Gasteiger partial charge >= 0.3 is 5.97 Å². The molecular formula is C17H17FO2S. The van der Waals surface area contributed by atoms with Crippen molar-refractivity contribution in [2.24, 2.45) is 0 Å². The molecule has 2 aromatic carbocycles. The lowest BCUT2D eigenvalue weighted by atomic mass is 10.1. The van der Waals surface area contributed by atoms with Crippen LogP contribution in [0.2, 0.25) is 0 Å². The van der Waals surface area contributed by atoms with E-state index in [4.69, 9.17) is 0 Å². The number of aryl methyl sites for hydroxylation is 2. The maximum atomic E-state index is 13.8. The SMILES string of the molecule is COC(=O)c1ccc(CSc2ccc(C)cc2C)cc1F. The van der Waals surface area contributed by atoms with Gasteiger partial charge in [-0.05, 0) is 43.2 Å². The molecule has 0 atom stereocenters. The Balaban J connectivity index is 2.10. The fraction of sp³-hybridized carbons (Fsp3) is 0.235. The van der Waals surface area contributed by atoms with Gasteiger partial charge in [0.15, 0.2) is 0 Å². The molecule has 0 spiro atoms. The zero-order valence-corrected chi connectivity index (χ0v) is 13.1. The Labute approximate surface area is 128 Å². The summed E-state index contributed by atoms with van der Waals surface area (Å²) in [6, 6.07) is 10.9. The highest BCUT2D eigenvalue weighted by molar-refractivity contribution is 7.98. The summed E-state index contributed by atoms with van der Waals surface area (Å²) in [5.41, 5.74) is 3.25. The van der Waals surface area contributed by atoms with E-state index in [2.05, 4.69) is 36.8 Å². The van der Waals surface area contributed by atoms with Crippen LogP contribution >= 0.6 is 11.8 Å². The number of carbonyl (C=O) groups excluding carboxylic acids is 1. The van der Waals surface area contributed by atoms with Gasteiger partial charge in [0, 0.05) is 10.6 Å². The Morgan fingerprint density at radius 2 is 1.95 bits per heavy atom. The standard InChI is InChI=1S/C17H17FO2S/c1-11-4-7-16(12(2)8-11)21-10-13-5-6-14(15(18)9-13)17(19)20-3/h4-9H,10H2,1-3H3. The fourth-order valence-corrected chi connectivity index (χ4v) is 3.00. The van der Waals surface area contributed by atoms with Crippen LogP contribution in [0.1, 0.15) is 27.0 Å². The van der Waals surface area contributed by atoms with E-state index in [1.165, 1.54) is 35.3 Å². The van der Waals surface area contributed by atoms with Gasteiger partial charge in [0.25, 0.3) is 0 Å². The van der Waals surface area contributed by atoms with Crippen LogP contribution in [-0.2, 0) is 10.5 Å². The number of benzene rings is 2. The summed E-state index contributed by atoms with van der Waals surface area (Å²) < 4.78 is 18.4. The van der Waals surface area contributed by atoms with Crippen molar-refractivity contribution in [3.05, 3.63) is 64.5 Å². The summed E-state index contributed by atoms with van der Waals surface area (Å²) in [5, 5.41) is 0. The van der Waals surface area contributed by atoms with Gasteiger partial charge in [0.05, 0.1) is 12.7 Å². The van der Waals surface area contributed by atoms with Gasteiger partial charge < -0.3 is 4.74 Å². The maximum absolute atomic E-state index is 13.8. The van der Waals surface area contributed by atoms with Crippen LogP contribution in [0, 0.1) is 19.7 Å². The molecule has 0 aromatic heterocycles. The predicted molar refractivity (Wildman–Crippen MR) is 83.2 cm³/mol.